The van der Waals surface area contributed by atoms with Gasteiger partial charge >= 0.3 is 12.1 Å². The van der Waals surface area contributed by atoms with Crippen LogP contribution in [0.15, 0.2) is 16.7 Å². The first kappa shape index (κ1) is 19.0. The second kappa shape index (κ2) is 6.45. The van der Waals surface area contributed by atoms with Gasteiger partial charge in [-0.2, -0.15) is 0 Å². The first-order valence-electron chi connectivity index (χ1n) is 8.18. The molecule has 3 rings (SSSR count). The van der Waals surface area contributed by atoms with Gasteiger partial charge in [0.2, 0.25) is 5.88 Å². The van der Waals surface area contributed by atoms with Crippen LogP contribution in [0.5, 0.6) is 0 Å². The van der Waals surface area contributed by atoms with Gasteiger partial charge in [-0.15, -0.1) is 0 Å². The van der Waals surface area contributed by atoms with E-state index in [1.54, 1.807) is 20.8 Å². The van der Waals surface area contributed by atoms with E-state index in [0.29, 0.717) is 5.56 Å². The minimum atomic E-state index is -2.68. The SMILES string of the molecule is CC(C)(C)OC(=O)Nc1oc2cc(CN3CC(F)(F)C3)cnc2c1C(=O)O. The molecule has 2 N–H and O–H groups in total. The lowest BCUT2D eigenvalue weighted by atomic mass is 10.1. The lowest BCUT2D eigenvalue weighted by Gasteiger charge is -2.38. The van der Waals surface area contributed by atoms with Crippen molar-refractivity contribution in [2.45, 2.75) is 38.8 Å². The number of halogens is 2. The molecule has 1 aliphatic rings. The third kappa shape index (κ3) is 4.33. The number of carbonyl (C=O) groups excluding carboxylic acids is 1. The van der Waals surface area contributed by atoms with Gasteiger partial charge in [-0.3, -0.25) is 15.2 Å². The van der Waals surface area contributed by atoms with Crippen molar-refractivity contribution in [3.63, 3.8) is 0 Å². The Morgan fingerprint density at radius 3 is 2.63 bits per heavy atom. The number of carboxylic acids is 1. The number of hydrogen-bond donors (Lipinski definition) is 2. The maximum absolute atomic E-state index is 12.9. The third-order valence-corrected chi connectivity index (χ3v) is 3.73. The second-order valence-corrected chi connectivity index (χ2v) is 7.43. The number of amides is 1. The summed E-state index contributed by atoms with van der Waals surface area (Å²) < 4.78 is 36.4. The van der Waals surface area contributed by atoms with Gasteiger partial charge in [-0.25, -0.2) is 18.4 Å². The average Bonchev–Trinajstić information content (AvgIpc) is 2.80. The molecule has 0 unspecified atom stereocenters. The van der Waals surface area contributed by atoms with Crippen LogP contribution in [-0.2, 0) is 11.3 Å². The van der Waals surface area contributed by atoms with Crippen molar-refractivity contribution in [1.82, 2.24) is 9.88 Å². The number of anilines is 1. The molecular weight excluding hydrogens is 364 g/mol. The Balaban J connectivity index is 1.84. The molecule has 2 aromatic heterocycles. The minimum absolute atomic E-state index is 0.0475. The van der Waals surface area contributed by atoms with Crippen molar-refractivity contribution in [1.29, 1.82) is 0 Å². The van der Waals surface area contributed by atoms with Gasteiger partial charge < -0.3 is 14.3 Å². The number of fused-ring (bicyclic) bond motifs is 1. The van der Waals surface area contributed by atoms with Crippen LogP contribution in [0.3, 0.4) is 0 Å². The molecule has 0 saturated carbocycles. The summed E-state index contributed by atoms with van der Waals surface area (Å²) in [4.78, 5) is 29.1. The molecule has 8 nitrogen and oxygen atoms in total. The summed E-state index contributed by atoms with van der Waals surface area (Å²) in [5.41, 5.74) is -0.315. The molecule has 0 atom stereocenters. The van der Waals surface area contributed by atoms with E-state index in [1.807, 2.05) is 0 Å². The van der Waals surface area contributed by atoms with E-state index < -0.39 is 23.6 Å². The summed E-state index contributed by atoms with van der Waals surface area (Å²) in [5, 5.41) is 11.7. The summed E-state index contributed by atoms with van der Waals surface area (Å²) in [6, 6.07) is 1.52. The molecule has 0 spiro atoms. The van der Waals surface area contributed by atoms with Gasteiger partial charge in [-0.05, 0) is 32.4 Å². The van der Waals surface area contributed by atoms with E-state index in [0.717, 1.165) is 0 Å². The summed E-state index contributed by atoms with van der Waals surface area (Å²) in [7, 11) is 0. The van der Waals surface area contributed by atoms with Gasteiger partial charge in [0, 0.05) is 12.7 Å². The molecule has 0 aromatic carbocycles. The molecule has 0 aliphatic carbocycles. The fraction of sp³-hybridized carbons (Fsp3) is 0.471. The van der Waals surface area contributed by atoms with Gasteiger partial charge in [0.1, 0.15) is 16.7 Å². The molecule has 0 bridgehead atoms. The minimum Gasteiger partial charge on any atom is -0.477 e. The van der Waals surface area contributed by atoms with Crippen LogP contribution in [-0.4, -0.2) is 51.7 Å². The predicted octanol–water partition coefficient (Wildman–Crippen LogP) is 3.32. The zero-order valence-corrected chi connectivity index (χ0v) is 15.0. The van der Waals surface area contributed by atoms with Gasteiger partial charge in [0.05, 0.1) is 13.1 Å². The summed E-state index contributed by atoms with van der Waals surface area (Å²) in [6.45, 7) is 4.55. The number of carboxylic acid groups (broad SMARTS) is 1. The van der Waals surface area contributed by atoms with Crippen molar-refractivity contribution < 1.29 is 32.6 Å². The van der Waals surface area contributed by atoms with E-state index in [4.69, 9.17) is 9.15 Å². The van der Waals surface area contributed by atoms with E-state index in [9.17, 15) is 23.5 Å². The number of aromatic carboxylic acids is 1. The molecule has 1 saturated heterocycles. The number of furan rings is 1. The predicted molar refractivity (Wildman–Crippen MR) is 91.0 cm³/mol. The Morgan fingerprint density at radius 1 is 1.41 bits per heavy atom. The standard InChI is InChI=1S/C17H19F2N3O5/c1-16(2,3)27-15(25)21-13-11(14(23)24)12-10(26-13)4-9(5-20-12)6-22-7-17(18,19)8-22/h4-5H,6-8H2,1-3H3,(H,21,25)(H,23,24). The number of ether oxygens (including phenoxy) is 1. The average molecular weight is 383 g/mol. The highest BCUT2D eigenvalue weighted by molar-refractivity contribution is 6.07. The van der Waals surface area contributed by atoms with Crippen LogP contribution < -0.4 is 5.32 Å². The van der Waals surface area contributed by atoms with Crippen LogP contribution in [0.2, 0.25) is 0 Å². The Bertz CT molecular complexity index is 896. The van der Waals surface area contributed by atoms with Crippen molar-refractivity contribution in [2.75, 3.05) is 18.4 Å². The molecule has 146 valence electrons. The van der Waals surface area contributed by atoms with E-state index in [2.05, 4.69) is 10.3 Å². The van der Waals surface area contributed by atoms with Gasteiger partial charge in [-0.1, -0.05) is 0 Å². The summed E-state index contributed by atoms with van der Waals surface area (Å²) in [5.74, 6) is -4.31. The summed E-state index contributed by atoms with van der Waals surface area (Å²) >= 11 is 0. The van der Waals surface area contributed by atoms with Crippen molar-refractivity contribution in [3.05, 3.63) is 23.4 Å². The van der Waals surface area contributed by atoms with Gasteiger partial charge in [0.15, 0.2) is 5.58 Å². The Labute approximate surface area is 153 Å². The normalized spacial score (nSPS) is 16.8. The number of likely N-dealkylation sites (tertiary alicyclic amines) is 1. The largest absolute Gasteiger partial charge is 0.477 e. The first-order valence-corrected chi connectivity index (χ1v) is 8.18. The Morgan fingerprint density at radius 2 is 2.07 bits per heavy atom. The smallest absolute Gasteiger partial charge is 0.414 e. The number of nitrogens with one attached hydrogen (secondary N) is 1. The van der Waals surface area contributed by atoms with Crippen LogP contribution in [0.25, 0.3) is 11.1 Å². The molecule has 1 aliphatic heterocycles. The highest BCUT2D eigenvalue weighted by atomic mass is 19.3. The number of pyridine rings is 1. The van der Waals surface area contributed by atoms with Crippen molar-refractivity contribution in [3.8, 4) is 0 Å². The number of hydrogen-bond acceptors (Lipinski definition) is 6. The second-order valence-electron chi connectivity index (χ2n) is 7.43. The van der Waals surface area contributed by atoms with Crippen molar-refractivity contribution >= 4 is 29.0 Å². The lowest BCUT2D eigenvalue weighted by molar-refractivity contribution is -0.133. The lowest BCUT2D eigenvalue weighted by Crippen LogP contribution is -2.55. The third-order valence-electron chi connectivity index (χ3n) is 3.73. The fourth-order valence-electron chi connectivity index (χ4n) is 2.77. The van der Waals surface area contributed by atoms with Crippen LogP contribution in [0.1, 0.15) is 36.7 Å². The molecule has 1 fully saturated rings. The van der Waals surface area contributed by atoms with Gasteiger partial charge in [0.25, 0.3) is 5.92 Å². The monoisotopic (exact) mass is 383 g/mol. The zero-order chi connectivity index (χ0) is 20.0. The van der Waals surface area contributed by atoms with E-state index >= 15 is 0 Å². The quantitative estimate of drug-likeness (QED) is 0.834. The molecule has 27 heavy (non-hydrogen) atoms. The fourth-order valence-corrected chi connectivity index (χ4v) is 2.77. The van der Waals surface area contributed by atoms with Crippen LogP contribution in [0.4, 0.5) is 19.5 Å². The van der Waals surface area contributed by atoms with E-state index in [1.165, 1.54) is 17.2 Å². The number of nitrogens with zero attached hydrogens (tertiary/aromatic N) is 2. The molecule has 2 aromatic rings. The Hall–Kier alpha value is -2.75. The molecule has 10 heteroatoms. The number of carbonyl (C=O) groups is 2. The Kier molecular flexibility index (Phi) is 4.54. The molecule has 0 radical (unpaired) electrons. The van der Waals surface area contributed by atoms with Crippen molar-refractivity contribution in [2.24, 2.45) is 0 Å². The highest BCUT2D eigenvalue weighted by Crippen LogP contribution is 2.31. The van der Waals surface area contributed by atoms with E-state index in [-0.39, 0.29) is 42.2 Å². The maximum Gasteiger partial charge on any atom is 0.414 e. The zero-order valence-electron chi connectivity index (χ0n) is 15.0. The van der Waals surface area contributed by atoms with Crippen LogP contribution >= 0.6 is 0 Å². The number of alkyl halides is 2. The van der Waals surface area contributed by atoms with Crippen LogP contribution in [0, 0.1) is 0 Å². The topological polar surface area (TPSA) is 105 Å². The first-order chi connectivity index (χ1) is 12.4. The molecular formula is C17H19F2N3O5. The maximum atomic E-state index is 12.9. The molecule has 1 amide bonds. The summed E-state index contributed by atoms with van der Waals surface area (Å²) in [6.07, 6.45) is 0.532. The number of aromatic nitrogens is 1. The molecule has 3 heterocycles. The number of rotatable bonds is 4. The highest BCUT2D eigenvalue weighted by Gasteiger charge is 2.43.